The molecule has 1 amide bonds. The number of aromatic nitrogens is 3. The van der Waals surface area contributed by atoms with Crippen LogP contribution >= 0.6 is 0 Å². The van der Waals surface area contributed by atoms with E-state index >= 15 is 0 Å². The predicted molar refractivity (Wildman–Crippen MR) is 212 cm³/mol. The van der Waals surface area contributed by atoms with E-state index in [2.05, 4.69) is 33.3 Å². The second-order valence-corrected chi connectivity index (χ2v) is 12.8. The lowest BCUT2D eigenvalue weighted by Gasteiger charge is -2.13. The number of carbonyl (C=O) groups excluding carboxylic acids is 1. The van der Waals surface area contributed by atoms with Gasteiger partial charge in [-0.25, -0.2) is 20.0 Å². The van der Waals surface area contributed by atoms with E-state index in [-0.39, 0.29) is 5.91 Å². The third-order valence-electron chi connectivity index (χ3n) is 9.25. The summed E-state index contributed by atoms with van der Waals surface area (Å²) in [7, 11) is 0. The minimum absolute atomic E-state index is 0.133. The summed E-state index contributed by atoms with van der Waals surface area (Å²) in [6, 6.07) is 19.6. The van der Waals surface area contributed by atoms with Crippen molar-refractivity contribution in [3.8, 4) is 0 Å². The third-order valence-corrected chi connectivity index (χ3v) is 9.25. The van der Waals surface area contributed by atoms with Crippen molar-refractivity contribution in [2.75, 3.05) is 5.32 Å². The number of rotatable bonds is 5. The second kappa shape index (κ2) is 13.1. The van der Waals surface area contributed by atoms with Crippen molar-refractivity contribution in [1.82, 2.24) is 15.0 Å². The van der Waals surface area contributed by atoms with Gasteiger partial charge in [0.05, 0.1) is 45.6 Å². The molecule has 252 valence electrons. The van der Waals surface area contributed by atoms with Crippen molar-refractivity contribution in [3.05, 3.63) is 191 Å². The van der Waals surface area contributed by atoms with E-state index in [1.165, 1.54) is 6.92 Å². The lowest BCUT2D eigenvalue weighted by atomic mass is 9.97. The quantitative estimate of drug-likeness (QED) is 0.228. The molecule has 5 aliphatic rings. The van der Waals surface area contributed by atoms with Gasteiger partial charge in [0.15, 0.2) is 0 Å². The van der Waals surface area contributed by atoms with Crippen molar-refractivity contribution in [2.24, 2.45) is 20.0 Å². The highest BCUT2D eigenvalue weighted by molar-refractivity contribution is 6.39. The molecule has 8 heterocycles. The molecule has 0 aliphatic carbocycles. The smallest absolute Gasteiger partial charge is 0.221 e. The maximum absolute atomic E-state index is 11.8. The number of anilines is 1. The summed E-state index contributed by atoms with van der Waals surface area (Å²) >= 11 is 0. The number of carbonyl (C=O) groups is 1. The number of hydrogen-bond donors (Lipinski definition) is 1. The molecule has 5 aliphatic heterocycles. The molecular weight excluding hydrogens is 657 g/mol. The highest BCUT2D eigenvalue weighted by atomic mass is 16.1. The molecule has 8 bridgehead atoms. The fraction of sp³-hybridized carbons (Fsp3) is 0.0455. The molecule has 53 heavy (non-hydrogen) atoms. The van der Waals surface area contributed by atoms with Crippen LogP contribution in [0, 0.1) is 0 Å². The van der Waals surface area contributed by atoms with Gasteiger partial charge < -0.3 is 5.32 Å². The number of pyridine rings is 3. The van der Waals surface area contributed by atoms with Gasteiger partial charge in [-0.3, -0.25) is 19.7 Å². The molecular formula is C44H30N8O. The molecule has 1 aromatic carbocycles. The summed E-state index contributed by atoms with van der Waals surface area (Å²) in [5, 5.41) is 2.87. The van der Waals surface area contributed by atoms with Crippen LogP contribution in [-0.4, -0.2) is 43.7 Å². The fourth-order valence-corrected chi connectivity index (χ4v) is 6.96. The van der Waals surface area contributed by atoms with Crippen molar-refractivity contribution < 1.29 is 4.79 Å². The zero-order chi connectivity index (χ0) is 35.9. The number of nitrogens with zero attached hydrogens (tertiary/aromatic N) is 7. The van der Waals surface area contributed by atoms with E-state index in [1.807, 2.05) is 116 Å². The maximum atomic E-state index is 11.8. The molecule has 0 atom stereocenters. The zero-order valence-electron chi connectivity index (χ0n) is 28.8. The second-order valence-electron chi connectivity index (χ2n) is 12.8. The number of benzene rings is 1. The average molecular weight is 687 g/mol. The van der Waals surface area contributed by atoms with Gasteiger partial charge in [0, 0.05) is 88.8 Å². The number of fused-ring (bicyclic) bond motifs is 4. The van der Waals surface area contributed by atoms with Crippen molar-refractivity contribution in [1.29, 1.82) is 0 Å². The van der Waals surface area contributed by atoms with Gasteiger partial charge in [-0.1, -0.05) is 30.3 Å². The van der Waals surface area contributed by atoms with Crippen LogP contribution in [0.15, 0.2) is 189 Å². The van der Waals surface area contributed by atoms with E-state index in [0.29, 0.717) is 5.69 Å². The minimum atomic E-state index is -0.133. The molecule has 3 aromatic heterocycles. The first-order valence-corrected chi connectivity index (χ1v) is 17.2. The molecule has 9 rings (SSSR count). The predicted octanol–water partition coefficient (Wildman–Crippen LogP) is 8.22. The molecule has 0 spiro atoms. The minimum Gasteiger partial charge on any atom is -0.326 e. The molecule has 0 fully saturated rings. The van der Waals surface area contributed by atoms with E-state index in [0.717, 1.165) is 95.8 Å². The van der Waals surface area contributed by atoms with E-state index in [4.69, 9.17) is 20.0 Å². The molecule has 4 aromatic rings. The van der Waals surface area contributed by atoms with E-state index in [9.17, 15) is 4.79 Å². The highest BCUT2D eigenvalue weighted by Crippen LogP contribution is 2.39. The Morgan fingerprint density at radius 2 is 0.962 bits per heavy atom. The van der Waals surface area contributed by atoms with Gasteiger partial charge in [0.1, 0.15) is 0 Å². The molecule has 9 heteroatoms. The summed E-state index contributed by atoms with van der Waals surface area (Å²) in [6.45, 7) is 3.57. The molecule has 0 saturated heterocycles. The largest absolute Gasteiger partial charge is 0.326 e. The Balaban J connectivity index is 1.36. The molecule has 0 unspecified atom stereocenters. The fourth-order valence-electron chi connectivity index (χ4n) is 6.96. The van der Waals surface area contributed by atoms with Crippen LogP contribution in [0.3, 0.4) is 0 Å². The first kappa shape index (κ1) is 31.7. The number of nitrogens with one attached hydrogen (secondary N) is 1. The van der Waals surface area contributed by atoms with Crippen LogP contribution in [0.5, 0.6) is 0 Å². The highest BCUT2D eigenvalue weighted by Gasteiger charge is 2.29. The Morgan fingerprint density at radius 1 is 0.509 bits per heavy atom. The lowest BCUT2D eigenvalue weighted by molar-refractivity contribution is -0.114. The molecule has 0 radical (unpaired) electrons. The van der Waals surface area contributed by atoms with E-state index in [1.54, 1.807) is 18.6 Å². The lowest BCUT2D eigenvalue weighted by Crippen LogP contribution is -2.06. The Kier molecular flexibility index (Phi) is 7.85. The zero-order valence-corrected chi connectivity index (χ0v) is 28.8. The Bertz CT molecular complexity index is 2610. The van der Waals surface area contributed by atoms with E-state index < -0.39 is 0 Å². The monoisotopic (exact) mass is 686 g/mol. The molecule has 9 nitrogen and oxygen atoms in total. The van der Waals surface area contributed by atoms with Crippen LogP contribution in [0.25, 0.3) is 22.3 Å². The first-order valence-electron chi connectivity index (χ1n) is 17.2. The van der Waals surface area contributed by atoms with Gasteiger partial charge >= 0.3 is 0 Å². The van der Waals surface area contributed by atoms with Crippen molar-refractivity contribution in [2.45, 2.75) is 13.8 Å². The van der Waals surface area contributed by atoms with Crippen molar-refractivity contribution in [3.63, 3.8) is 0 Å². The Hall–Kier alpha value is -7.26. The van der Waals surface area contributed by atoms with Crippen LogP contribution in [0.4, 0.5) is 5.69 Å². The van der Waals surface area contributed by atoms with Gasteiger partial charge in [-0.15, -0.1) is 0 Å². The summed E-state index contributed by atoms with van der Waals surface area (Å²) < 4.78 is 0. The first-order chi connectivity index (χ1) is 26.0. The summed E-state index contributed by atoms with van der Waals surface area (Å²) in [5.74, 6) is -0.133. The summed E-state index contributed by atoms with van der Waals surface area (Å²) in [6.07, 6.45) is 25.1. The van der Waals surface area contributed by atoms with Gasteiger partial charge in [0.2, 0.25) is 5.91 Å². The van der Waals surface area contributed by atoms with Gasteiger partial charge in [-0.05, 0) is 90.9 Å². The average Bonchev–Trinajstić information content (AvgIpc) is 4.01. The van der Waals surface area contributed by atoms with Crippen LogP contribution < -0.4 is 5.32 Å². The maximum Gasteiger partial charge on any atom is 0.221 e. The SMILES string of the molecule is CC(=O)Nc1ccc(C2=C3C=CC(=N3)C(c3cccnc3)=C3C=CC(=N3)C(c3cccnc3)=C3C=CC(=N3)C(c3cccnc3)=C3N=C2C=C3C)cc1. The van der Waals surface area contributed by atoms with Crippen molar-refractivity contribution >= 4 is 56.7 Å². The van der Waals surface area contributed by atoms with Crippen LogP contribution in [-0.2, 0) is 4.79 Å². The summed E-state index contributed by atoms with van der Waals surface area (Å²) in [5.41, 5.74) is 14.8. The van der Waals surface area contributed by atoms with Crippen LogP contribution in [0.1, 0.15) is 36.1 Å². The summed E-state index contributed by atoms with van der Waals surface area (Å²) in [4.78, 5) is 46.4. The van der Waals surface area contributed by atoms with Crippen LogP contribution in [0.2, 0.25) is 0 Å². The number of allylic oxidation sites excluding steroid dienone is 12. The number of aliphatic imine (C=N–C) groups is 4. The standard InChI is InChI=1S/C44H30N8O/c1-26-22-39-40(28-9-11-32(12-10-28)48-27(2)53)33-13-14-34(49-33)41(29-6-3-19-45-23-29)35-15-16-36(50-35)42(30-7-4-20-46-24-30)37-17-18-38(51-37)43(44(26)52-39)31-8-5-21-47-25-31/h3-25H,1-2H3,(H,48,53). The Labute approximate surface area is 305 Å². The Morgan fingerprint density at radius 3 is 1.42 bits per heavy atom. The number of amides is 1. The molecule has 1 N–H and O–H groups in total. The normalized spacial score (nSPS) is 17.4. The molecule has 0 saturated carbocycles. The third kappa shape index (κ3) is 5.90. The number of hydrogen-bond acceptors (Lipinski definition) is 8. The topological polar surface area (TPSA) is 117 Å². The van der Waals surface area contributed by atoms with Gasteiger partial charge in [-0.2, -0.15) is 0 Å². The van der Waals surface area contributed by atoms with Gasteiger partial charge in [0.25, 0.3) is 0 Å².